The van der Waals surface area contributed by atoms with E-state index in [2.05, 4.69) is 0 Å². The van der Waals surface area contributed by atoms with Crippen LogP contribution in [0.3, 0.4) is 0 Å². The minimum Gasteiger partial charge on any atom is -0.504 e. The van der Waals surface area contributed by atoms with E-state index in [0.29, 0.717) is 24.3 Å². The van der Waals surface area contributed by atoms with E-state index in [9.17, 15) is 65.4 Å². The Hall–Kier alpha value is -5.81. The molecular formula is C26H22O17. The van der Waals surface area contributed by atoms with Gasteiger partial charge in [0.05, 0.1) is 23.3 Å². The maximum absolute atomic E-state index is 13.0. The molecule has 0 aliphatic carbocycles. The summed E-state index contributed by atoms with van der Waals surface area (Å²) in [5.41, 5.74) is -1.64. The van der Waals surface area contributed by atoms with Crippen molar-refractivity contribution < 1.29 is 84.4 Å². The molecule has 0 radical (unpaired) electrons. The zero-order valence-corrected chi connectivity index (χ0v) is 21.3. The van der Waals surface area contributed by atoms with Gasteiger partial charge in [-0.3, -0.25) is 0 Å². The Bertz CT molecular complexity index is 1530. The van der Waals surface area contributed by atoms with Gasteiger partial charge in [-0.1, -0.05) is 0 Å². The summed E-state index contributed by atoms with van der Waals surface area (Å²) >= 11 is 0. The highest BCUT2D eigenvalue weighted by molar-refractivity contribution is 5.93. The molecule has 0 saturated carbocycles. The lowest BCUT2D eigenvalue weighted by Crippen LogP contribution is -2.57. The van der Waals surface area contributed by atoms with Crippen molar-refractivity contribution in [2.24, 2.45) is 0 Å². The number of phenols is 9. The van der Waals surface area contributed by atoms with E-state index in [1.165, 1.54) is 0 Å². The number of hydrogen-bond donors (Lipinski definition) is 10. The van der Waals surface area contributed by atoms with Crippen molar-refractivity contribution in [3.05, 3.63) is 53.1 Å². The van der Waals surface area contributed by atoms with Crippen LogP contribution in [0, 0.1) is 0 Å². The summed E-state index contributed by atoms with van der Waals surface area (Å²) in [4.78, 5) is 38.6. The highest BCUT2D eigenvalue weighted by Crippen LogP contribution is 2.38. The van der Waals surface area contributed by atoms with Gasteiger partial charge in [-0.25, -0.2) is 14.4 Å². The molecule has 1 heterocycles. The predicted octanol–water partition coefficient (Wildman–Crippen LogP) is 0.362. The Morgan fingerprint density at radius 3 is 1.19 bits per heavy atom. The Balaban J connectivity index is 1.68. The van der Waals surface area contributed by atoms with Crippen LogP contribution >= 0.6 is 0 Å². The van der Waals surface area contributed by atoms with E-state index in [1.54, 1.807) is 0 Å². The monoisotopic (exact) mass is 606 g/mol. The summed E-state index contributed by atoms with van der Waals surface area (Å²) in [6, 6.07) is 4.22. The Labute approximate surface area is 238 Å². The molecular weight excluding hydrogens is 584 g/mol. The topological polar surface area (TPSA) is 290 Å². The van der Waals surface area contributed by atoms with Gasteiger partial charge in [0.15, 0.2) is 76.3 Å². The fourth-order valence-electron chi connectivity index (χ4n) is 3.88. The van der Waals surface area contributed by atoms with Crippen molar-refractivity contribution in [1.82, 2.24) is 0 Å². The van der Waals surface area contributed by atoms with Crippen LogP contribution in [0.25, 0.3) is 0 Å². The molecule has 17 nitrogen and oxygen atoms in total. The molecule has 0 aromatic heterocycles. The first-order chi connectivity index (χ1) is 20.2. The SMILES string of the molecule is O=C(O[C@@H]1[C@@H](OC(=O)c2cc(O)c(O)c(O)c2)[C@H](OC(=O)c2cc(O)c(O)c(O)c2)CO[C@H]1O)c1cc(O)c(O)c(O)c1. The number of aliphatic hydroxyl groups is 1. The first-order valence-electron chi connectivity index (χ1n) is 11.8. The van der Waals surface area contributed by atoms with Crippen molar-refractivity contribution in [1.29, 1.82) is 0 Å². The van der Waals surface area contributed by atoms with Crippen LogP contribution < -0.4 is 0 Å². The van der Waals surface area contributed by atoms with Crippen molar-refractivity contribution >= 4 is 17.9 Å². The molecule has 17 heteroatoms. The minimum absolute atomic E-state index is 0.513. The maximum Gasteiger partial charge on any atom is 0.339 e. The number of benzene rings is 3. The Kier molecular flexibility index (Phi) is 8.13. The fourth-order valence-corrected chi connectivity index (χ4v) is 3.88. The van der Waals surface area contributed by atoms with Gasteiger partial charge in [-0.2, -0.15) is 0 Å². The molecule has 3 aromatic carbocycles. The molecule has 0 spiro atoms. The molecule has 3 aromatic rings. The lowest BCUT2D eigenvalue weighted by Gasteiger charge is -2.38. The van der Waals surface area contributed by atoms with Gasteiger partial charge in [-0.15, -0.1) is 0 Å². The third-order valence-corrected chi connectivity index (χ3v) is 6.06. The van der Waals surface area contributed by atoms with E-state index < -0.39 is 118 Å². The molecule has 1 aliphatic rings. The molecule has 4 rings (SSSR count). The van der Waals surface area contributed by atoms with Crippen molar-refractivity contribution in [3.8, 4) is 51.7 Å². The lowest BCUT2D eigenvalue weighted by atomic mass is 10.0. The molecule has 1 saturated heterocycles. The molecule has 0 bridgehead atoms. The number of esters is 3. The van der Waals surface area contributed by atoms with Crippen LogP contribution in [0.2, 0.25) is 0 Å². The number of carbonyl (C=O) groups excluding carboxylic acids is 3. The standard InChI is InChI=1S/C26H22O17/c27-11-1-8(2-12(28)18(11)33)23(36)41-17-7-40-26(39)22(43-25(38)10-5-15(31)20(35)16(32)6-10)21(17)42-24(37)9-3-13(29)19(34)14(30)4-9/h1-6,17,21-22,26-35,39H,7H2/t17-,21+,22-,26-/m1/s1. The third-order valence-electron chi connectivity index (χ3n) is 6.06. The molecule has 228 valence electrons. The first-order valence-corrected chi connectivity index (χ1v) is 11.8. The number of carbonyl (C=O) groups is 3. The molecule has 43 heavy (non-hydrogen) atoms. The average molecular weight is 606 g/mol. The number of ether oxygens (including phenoxy) is 4. The summed E-state index contributed by atoms with van der Waals surface area (Å²) in [6.45, 7) is -0.707. The zero-order chi connectivity index (χ0) is 31.7. The van der Waals surface area contributed by atoms with Gasteiger partial charge >= 0.3 is 17.9 Å². The molecule has 1 fully saturated rings. The largest absolute Gasteiger partial charge is 0.504 e. The molecule has 0 amide bonds. The van der Waals surface area contributed by atoms with Crippen molar-refractivity contribution in [2.45, 2.75) is 24.6 Å². The molecule has 1 aliphatic heterocycles. The smallest absolute Gasteiger partial charge is 0.339 e. The third kappa shape index (κ3) is 6.11. The van der Waals surface area contributed by atoms with Gasteiger partial charge in [0.25, 0.3) is 0 Å². The number of aliphatic hydroxyl groups excluding tert-OH is 1. The maximum atomic E-state index is 13.0. The zero-order valence-electron chi connectivity index (χ0n) is 21.3. The molecule has 10 N–H and O–H groups in total. The number of aromatic hydroxyl groups is 9. The summed E-state index contributed by atoms with van der Waals surface area (Å²) in [6.07, 6.45) is -7.71. The second kappa shape index (κ2) is 11.6. The van der Waals surface area contributed by atoms with E-state index in [4.69, 9.17) is 18.9 Å². The summed E-state index contributed by atoms with van der Waals surface area (Å²) in [7, 11) is 0. The first kappa shape index (κ1) is 30.2. The minimum atomic E-state index is -2.06. The van der Waals surface area contributed by atoms with E-state index in [-0.39, 0.29) is 0 Å². The van der Waals surface area contributed by atoms with Gasteiger partial charge in [0, 0.05) is 0 Å². The highest BCUT2D eigenvalue weighted by Gasteiger charge is 2.47. The summed E-state index contributed by atoms with van der Waals surface area (Å²) < 4.78 is 20.9. The van der Waals surface area contributed by atoms with Gasteiger partial charge in [0.2, 0.25) is 0 Å². The van der Waals surface area contributed by atoms with Crippen LogP contribution in [0.15, 0.2) is 36.4 Å². The second-order valence-electron chi connectivity index (χ2n) is 9.00. The Morgan fingerprint density at radius 2 is 0.837 bits per heavy atom. The van der Waals surface area contributed by atoms with E-state index >= 15 is 0 Å². The van der Waals surface area contributed by atoms with Crippen molar-refractivity contribution in [2.75, 3.05) is 6.61 Å². The second-order valence-corrected chi connectivity index (χ2v) is 9.00. The normalized spacial score (nSPS) is 19.7. The lowest BCUT2D eigenvalue weighted by molar-refractivity contribution is -0.251. The summed E-state index contributed by atoms with van der Waals surface area (Å²) in [5.74, 6) is -12.4. The van der Waals surface area contributed by atoms with Crippen LogP contribution in [0.4, 0.5) is 0 Å². The van der Waals surface area contributed by atoms with Crippen LogP contribution in [-0.4, -0.2) is 100 Å². The number of hydrogen-bond acceptors (Lipinski definition) is 17. The number of phenolic OH excluding ortho intramolecular Hbond substituents is 9. The predicted molar refractivity (Wildman–Crippen MR) is 134 cm³/mol. The van der Waals surface area contributed by atoms with Crippen LogP contribution in [0.1, 0.15) is 31.1 Å². The quantitative estimate of drug-likeness (QED) is 0.103. The Morgan fingerprint density at radius 1 is 0.535 bits per heavy atom. The fraction of sp³-hybridized carbons (Fsp3) is 0.192. The van der Waals surface area contributed by atoms with E-state index in [0.717, 1.165) is 12.1 Å². The van der Waals surface area contributed by atoms with E-state index in [1.807, 2.05) is 0 Å². The molecule has 0 unspecified atom stereocenters. The van der Waals surface area contributed by atoms with Crippen LogP contribution in [0.5, 0.6) is 51.7 Å². The van der Waals surface area contributed by atoms with Gasteiger partial charge in [0.1, 0.15) is 0 Å². The number of rotatable bonds is 6. The highest BCUT2D eigenvalue weighted by atomic mass is 16.7. The van der Waals surface area contributed by atoms with Gasteiger partial charge < -0.3 is 70.0 Å². The van der Waals surface area contributed by atoms with Crippen LogP contribution in [-0.2, 0) is 18.9 Å². The summed E-state index contributed by atoms with van der Waals surface area (Å²) in [5, 5.41) is 97.5. The average Bonchev–Trinajstić information content (AvgIpc) is 2.95. The van der Waals surface area contributed by atoms with Crippen molar-refractivity contribution in [3.63, 3.8) is 0 Å². The molecule has 4 atom stereocenters. The van der Waals surface area contributed by atoms with Gasteiger partial charge in [-0.05, 0) is 36.4 Å².